The van der Waals surface area contributed by atoms with Crippen LogP contribution in [0.4, 0.5) is 0 Å². The Kier molecular flexibility index (Phi) is 5.91. The highest BCUT2D eigenvalue weighted by Crippen LogP contribution is 2.56. The Morgan fingerprint density at radius 3 is 2.50 bits per heavy atom. The second kappa shape index (κ2) is 8.88. The molecule has 1 aromatic heterocycles. The summed E-state index contributed by atoms with van der Waals surface area (Å²) in [5.74, 6) is 0.200. The van der Waals surface area contributed by atoms with Crippen molar-refractivity contribution in [3.63, 3.8) is 0 Å². The zero-order valence-electron chi connectivity index (χ0n) is 20.6. The molecule has 3 nitrogen and oxygen atoms in total. The van der Waals surface area contributed by atoms with E-state index in [-0.39, 0.29) is 11.3 Å². The number of hydrogen-bond donors (Lipinski definition) is 1. The van der Waals surface area contributed by atoms with Gasteiger partial charge in [0.25, 0.3) is 0 Å². The number of rotatable bonds is 3. The van der Waals surface area contributed by atoms with Crippen molar-refractivity contribution in [1.82, 2.24) is 9.78 Å². The zero-order valence-corrected chi connectivity index (χ0v) is 20.6. The third-order valence-electron chi connectivity index (χ3n) is 7.81. The van der Waals surface area contributed by atoms with Gasteiger partial charge in [0.2, 0.25) is 0 Å². The van der Waals surface area contributed by atoms with Crippen molar-refractivity contribution in [3.05, 3.63) is 101 Å². The fraction of sp³-hybridized carbons (Fsp3) is 0.323. The highest BCUT2D eigenvalue weighted by molar-refractivity contribution is 5.83. The smallest absolute Gasteiger partial charge is 0.0826 e. The molecule has 174 valence electrons. The van der Waals surface area contributed by atoms with Gasteiger partial charge < -0.3 is 5.11 Å². The van der Waals surface area contributed by atoms with E-state index in [9.17, 15) is 5.11 Å². The van der Waals surface area contributed by atoms with Crippen molar-refractivity contribution < 1.29 is 5.11 Å². The van der Waals surface area contributed by atoms with Gasteiger partial charge in [0.1, 0.15) is 0 Å². The number of aromatic nitrogens is 2. The molecule has 0 aliphatic heterocycles. The van der Waals surface area contributed by atoms with Gasteiger partial charge in [0.05, 0.1) is 23.7 Å². The average molecular weight is 451 g/mol. The van der Waals surface area contributed by atoms with Crippen LogP contribution in [0.1, 0.15) is 62.1 Å². The first kappa shape index (κ1) is 22.6. The van der Waals surface area contributed by atoms with Crippen molar-refractivity contribution >= 4 is 16.8 Å². The van der Waals surface area contributed by atoms with E-state index in [1.807, 2.05) is 20.0 Å². The lowest BCUT2D eigenvalue weighted by Crippen LogP contribution is -2.32. The maximum Gasteiger partial charge on any atom is 0.0826 e. The van der Waals surface area contributed by atoms with E-state index >= 15 is 0 Å². The third kappa shape index (κ3) is 3.69. The van der Waals surface area contributed by atoms with E-state index in [0.717, 1.165) is 30.5 Å². The molecule has 0 amide bonds. The monoisotopic (exact) mass is 450 g/mol. The molecule has 1 fully saturated rings. The van der Waals surface area contributed by atoms with Crippen LogP contribution in [0.5, 0.6) is 0 Å². The summed E-state index contributed by atoms with van der Waals surface area (Å²) in [6.45, 7) is 8.45. The highest BCUT2D eigenvalue weighted by Gasteiger charge is 2.48. The number of fused-ring (bicyclic) bond motifs is 3. The van der Waals surface area contributed by atoms with E-state index < -0.39 is 6.10 Å². The molecular formula is C31H34N2O. The molecule has 6 rings (SSSR count). The normalized spacial score (nSPS) is 21.8. The molecular weight excluding hydrogens is 416 g/mol. The minimum atomic E-state index is -0.468. The van der Waals surface area contributed by atoms with Crippen molar-refractivity contribution in [2.45, 2.75) is 53.1 Å². The molecule has 1 saturated carbocycles. The predicted molar refractivity (Wildman–Crippen MR) is 141 cm³/mol. The Morgan fingerprint density at radius 2 is 1.74 bits per heavy atom. The topological polar surface area (TPSA) is 38.0 Å². The number of aliphatic hydroxyl groups excluding tert-OH is 1. The lowest BCUT2D eigenvalue weighted by Gasteiger charge is -2.38. The van der Waals surface area contributed by atoms with Crippen molar-refractivity contribution in [2.75, 3.05) is 0 Å². The van der Waals surface area contributed by atoms with Crippen LogP contribution < -0.4 is 0 Å². The molecule has 1 heterocycles. The van der Waals surface area contributed by atoms with Gasteiger partial charge in [0, 0.05) is 0 Å². The van der Waals surface area contributed by atoms with Gasteiger partial charge in [-0.15, -0.1) is 0 Å². The number of allylic oxidation sites excluding steroid dienone is 1. The Balaban J connectivity index is 0.00000117. The summed E-state index contributed by atoms with van der Waals surface area (Å²) in [7, 11) is 0. The van der Waals surface area contributed by atoms with Gasteiger partial charge in [-0.1, -0.05) is 80.4 Å². The first-order valence-corrected chi connectivity index (χ1v) is 12.5. The maximum atomic E-state index is 11.5. The van der Waals surface area contributed by atoms with Crippen LogP contribution in [0, 0.1) is 18.3 Å². The van der Waals surface area contributed by atoms with Gasteiger partial charge in [-0.05, 0) is 83.7 Å². The molecule has 0 spiro atoms. The largest absolute Gasteiger partial charge is 0.388 e. The average Bonchev–Trinajstić information content (AvgIpc) is 3.43. The van der Waals surface area contributed by atoms with Crippen molar-refractivity contribution in [1.29, 1.82) is 0 Å². The summed E-state index contributed by atoms with van der Waals surface area (Å²) < 4.78 is 2.06. The van der Waals surface area contributed by atoms with Gasteiger partial charge in [0.15, 0.2) is 0 Å². The number of benzene rings is 3. The molecule has 4 aromatic rings. The first-order valence-electron chi connectivity index (χ1n) is 12.5. The minimum absolute atomic E-state index is 0.0425. The van der Waals surface area contributed by atoms with Crippen LogP contribution in [0.25, 0.3) is 22.5 Å². The van der Waals surface area contributed by atoms with Crippen LogP contribution in [-0.4, -0.2) is 14.9 Å². The number of aryl methyl sites for hydroxylation is 1. The van der Waals surface area contributed by atoms with Crippen LogP contribution >= 0.6 is 0 Å². The minimum Gasteiger partial charge on any atom is -0.388 e. The first-order chi connectivity index (χ1) is 16.5. The molecule has 2 aliphatic carbocycles. The van der Waals surface area contributed by atoms with Crippen molar-refractivity contribution in [2.24, 2.45) is 11.3 Å². The summed E-state index contributed by atoms with van der Waals surface area (Å²) in [6.07, 6.45) is 6.87. The zero-order chi connectivity index (χ0) is 23.9. The second-order valence-electron chi connectivity index (χ2n) is 9.76. The summed E-state index contributed by atoms with van der Waals surface area (Å²) in [5, 5.41) is 18.6. The van der Waals surface area contributed by atoms with E-state index in [1.54, 1.807) is 0 Å². The third-order valence-corrected chi connectivity index (χ3v) is 7.81. The molecule has 0 radical (unpaired) electrons. The molecule has 0 saturated heterocycles. The van der Waals surface area contributed by atoms with E-state index in [2.05, 4.69) is 91.3 Å². The Hall–Kier alpha value is -3.17. The molecule has 2 aliphatic rings. The fourth-order valence-corrected chi connectivity index (χ4v) is 5.90. The fourth-order valence-electron chi connectivity index (χ4n) is 5.90. The summed E-state index contributed by atoms with van der Waals surface area (Å²) >= 11 is 0. The maximum absolute atomic E-state index is 11.5. The number of hydrogen-bond acceptors (Lipinski definition) is 2. The molecule has 0 bridgehead atoms. The Bertz CT molecular complexity index is 1350. The molecule has 1 N–H and O–H groups in total. The number of nitrogens with zero attached hydrogens (tertiary/aromatic N) is 2. The summed E-state index contributed by atoms with van der Waals surface area (Å²) in [5.41, 5.74) is 7.25. The molecule has 34 heavy (non-hydrogen) atoms. The second-order valence-corrected chi connectivity index (χ2v) is 9.76. The molecule has 3 atom stereocenters. The standard InChI is InChI=1S/C29H28N2O.C2H6/c1-19-7-12-25(13-8-19)31-27-16-24-11-14-26(29(24,2)17-23(27)18-30-31)28(32)22-10-9-20-5-3-4-6-21(20)15-22;1-2/h3-10,12-13,15-16,18,26,28,32H,11,14,17H2,1-2H3;1-2H3. The molecule has 3 aromatic carbocycles. The predicted octanol–water partition coefficient (Wildman–Crippen LogP) is 7.45. The molecule has 3 heteroatoms. The van der Waals surface area contributed by atoms with Crippen LogP contribution in [0.2, 0.25) is 0 Å². The van der Waals surface area contributed by atoms with Crippen LogP contribution in [0.3, 0.4) is 0 Å². The summed E-state index contributed by atoms with van der Waals surface area (Å²) in [4.78, 5) is 0. The number of aliphatic hydroxyl groups is 1. The van der Waals surface area contributed by atoms with Crippen molar-refractivity contribution in [3.8, 4) is 5.69 Å². The Morgan fingerprint density at radius 1 is 1.00 bits per heavy atom. The van der Waals surface area contributed by atoms with E-state index in [1.165, 1.54) is 33.2 Å². The van der Waals surface area contributed by atoms with Crippen LogP contribution in [0.15, 0.2) is 78.5 Å². The highest BCUT2D eigenvalue weighted by atomic mass is 16.3. The van der Waals surface area contributed by atoms with Crippen LogP contribution in [-0.2, 0) is 6.42 Å². The summed E-state index contributed by atoms with van der Waals surface area (Å²) in [6, 6.07) is 23.3. The lowest BCUT2D eigenvalue weighted by atomic mass is 9.67. The SMILES string of the molecule is CC.Cc1ccc(-n2ncc3c2C=C2CCC(C(O)c4ccc5ccccc5c4)C2(C)C3)cc1. The van der Waals surface area contributed by atoms with Gasteiger partial charge in [-0.3, -0.25) is 0 Å². The quantitative estimate of drug-likeness (QED) is 0.352. The van der Waals surface area contributed by atoms with Gasteiger partial charge in [-0.2, -0.15) is 5.10 Å². The Labute approximate surface area is 202 Å². The van der Waals surface area contributed by atoms with E-state index in [0.29, 0.717) is 0 Å². The molecule has 3 unspecified atom stereocenters. The van der Waals surface area contributed by atoms with Gasteiger partial charge in [-0.25, -0.2) is 4.68 Å². The van der Waals surface area contributed by atoms with Gasteiger partial charge >= 0.3 is 0 Å². The lowest BCUT2D eigenvalue weighted by molar-refractivity contribution is 0.0557. The van der Waals surface area contributed by atoms with E-state index in [4.69, 9.17) is 5.10 Å².